The fraction of sp³-hybridized carbons (Fsp3) is 0.381. The zero-order valence-electron chi connectivity index (χ0n) is 16.6. The van der Waals surface area contributed by atoms with Crippen LogP contribution in [-0.2, 0) is 34.3 Å². The van der Waals surface area contributed by atoms with Gasteiger partial charge in [0, 0.05) is 24.5 Å². The number of rotatable bonds is 7. The van der Waals surface area contributed by atoms with Crippen LogP contribution in [0.1, 0.15) is 46.4 Å². The summed E-state index contributed by atoms with van der Waals surface area (Å²) in [6.45, 7) is 5.82. The summed E-state index contributed by atoms with van der Waals surface area (Å²) in [5.74, 6) is -0.830. The highest BCUT2D eigenvalue weighted by Crippen LogP contribution is 2.27. The van der Waals surface area contributed by atoms with Crippen LogP contribution in [0.5, 0.6) is 0 Å². The Kier molecular flexibility index (Phi) is 5.82. The molecule has 1 aromatic carbocycles. The molecule has 0 aliphatic heterocycles. The standard InChI is InChI=1S/C21H24N2O5/c1-5-26-21(25)20-17(16-8-6-7-9-18(16)28-20)12-27-19(24)11-10-15-13(2)22-23(4)14(15)3/h6-9H,5,10-12H2,1-4H3. The lowest BCUT2D eigenvalue weighted by Gasteiger charge is -2.06. The van der Waals surface area contributed by atoms with E-state index in [1.54, 1.807) is 17.7 Å². The van der Waals surface area contributed by atoms with Crippen LogP contribution < -0.4 is 0 Å². The minimum absolute atomic E-state index is 0.0466. The number of benzene rings is 1. The van der Waals surface area contributed by atoms with E-state index in [4.69, 9.17) is 13.9 Å². The van der Waals surface area contributed by atoms with Crippen LogP contribution >= 0.6 is 0 Å². The Bertz CT molecular complexity index is 1020. The van der Waals surface area contributed by atoms with E-state index >= 15 is 0 Å². The zero-order chi connectivity index (χ0) is 20.3. The van der Waals surface area contributed by atoms with E-state index in [-0.39, 0.29) is 31.4 Å². The summed E-state index contributed by atoms with van der Waals surface area (Å²) < 4.78 is 17.9. The molecular weight excluding hydrogens is 360 g/mol. The number of aryl methyl sites for hydroxylation is 2. The molecule has 148 valence electrons. The van der Waals surface area contributed by atoms with Crippen molar-refractivity contribution >= 4 is 22.9 Å². The number of para-hydroxylation sites is 1. The van der Waals surface area contributed by atoms with Gasteiger partial charge in [-0.1, -0.05) is 18.2 Å². The quantitative estimate of drug-likeness (QED) is 0.579. The first-order chi connectivity index (χ1) is 13.4. The number of furan rings is 1. The van der Waals surface area contributed by atoms with Crippen molar-refractivity contribution in [2.75, 3.05) is 6.61 Å². The van der Waals surface area contributed by atoms with Crippen molar-refractivity contribution in [1.82, 2.24) is 9.78 Å². The molecule has 0 bridgehead atoms. The Morgan fingerprint density at radius 2 is 1.89 bits per heavy atom. The van der Waals surface area contributed by atoms with Gasteiger partial charge in [-0.2, -0.15) is 5.10 Å². The predicted molar refractivity (Wildman–Crippen MR) is 103 cm³/mol. The van der Waals surface area contributed by atoms with Crippen molar-refractivity contribution in [3.05, 3.63) is 52.5 Å². The summed E-state index contributed by atoms with van der Waals surface area (Å²) in [5, 5.41) is 5.09. The van der Waals surface area contributed by atoms with Gasteiger partial charge in [-0.3, -0.25) is 9.48 Å². The van der Waals surface area contributed by atoms with Crippen LogP contribution in [0.2, 0.25) is 0 Å². The molecule has 0 radical (unpaired) electrons. The second kappa shape index (κ2) is 8.29. The van der Waals surface area contributed by atoms with Crippen LogP contribution in [-0.4, -0.2) is 28.3 Å². The molecule has 0 unspecified atom stereocenters. The summed E-state index contributed by atoms with van der Waals surface area (Å²) >= 11 is 0. The SMILES string of the molecule is CCOC(=O)c1oc2ccccc2c1COC(=O)CCc1c(C)nn(C)c1C. The van der Waals surface area contributed by atoms with Crippen LogP contribution in [0.15, 0.2) is 28.7 Å². The number of carbonyl (C=O) groups excluding carboxylic acids is 2. The average Bonchev–Trinajstić information content (AvgIpc) is 3.16. The maximum atomic E-state index is 12.3. The topological polar surface area (TPSA) is 83.6 Å². The molecule has 0 saturated heterocycles. The van der Waals surface area contributed by atoms with Gasteiger partial charge in [0.1, 0.15) is 12.2 Å². The molecule has 0 aliphatic carbocycles. The Morgan fingerprint density at radius 3 is 2.57 bits per heavy atom. The second-order valence-electron chi connectivity index (χ2n) is 6.56. The van der Waals surface area contributed by atoms with Gasteiger partial charge in [-0.25, -0.2) is 4.79 Å². The molecule has 0 aliphatic rings. The highest BCUT2D eigenvalue weighted by molar-refractivity contribution is 5.96. The minimum atomic E-state index is -0.564. The number of fused-ring (bicyclic) bond motifs is 1. The predicted octanol–water partition coefficient (Wildman–Crippen LogP) is 3.64. The van der Waals surface area contributed by atoms with E-state index in [1.165, 1.54) is 0 Å². The van der Waals surface area contributed by atoms with Crippen LogP contribution in [0, 0.1) is 13.8 Å². The Morgan fingerprint density at radius 1 is 1.14 bits per heavy atom. The molecule has 0 atom stereocenters. The van der Waals surface area contributed by atoms with Gasteiger partial charge in [0.25, 0.3) is 0 Å². The van der Waals surface area contributed by atoms with E-state index < -0.39 is 5.97 Å². The van der Waals surface area contributed by atoms with Gasteiger partial charge in [0.15, 0.2) is 0 Å². The van der Waals surface area contributed by atoms with Crippen LogP contribution in [0.3, 0.4) is 0 Å². The summed E-state index contributed by atoms with van der Waals surface area (Å²) in [5.41, 5.74) is 4.09. The van der Waals surface area contributed by atoms with E-state index in [0.29, 0.717) is 17.6 Å². The fourth-order valence-corrected chi connectivity index (χ4v) is 3.23. The maximum Gasteiger partial charge on any atom is 0.374 e. The molecule has 7 heteroatoms. The van der Waals surface area contributed by atoms with Crippen LogP contribution in [0.4, 0.5) is 0 Å². The summed E-state index contributed by atoms with van der Waals surface area (Å²) in [6, 6.07) is 7.24. The largest absolute Gasteiger partial charge is 0.461 e. The van der Waals surface area contributed by atoms with Crippen molar-refractivity contribution < 1.29 is 23.5 Å². The third kappa shape index (κ3) is 3.93. The van der Waals surface area contributed by atoms with Gasteiger partial charge in [0.2, 0.25) is 5.76 Å². The molecule has 0 amide bonds. The van der Waals surface area contributed by atoms with E-state index in [9.17, 15) is 9.59 Å². The highest BCUT2D eigenvalue weighted by Gasteiger charge is 2.22. The van der Waals surface area contributed by atoms with E-state index in [1.807, 2.05) is 39.1 Å². The third-order valence-corrected chi connectivity index (χ3v) is 4.77. The first kappa shape index (κ1) is 19.7. The summed E-state index contributed by atoms with van der Waals surface area (Å²) in [6.07, 6.45) is 0.791. The molecule has 3 aromatic rings. The van der Waals surface area contributed by atoms with Crippen molar-refractivity contribution in [3.63, 3.8) is 0 Å². The molecular formula is C21H24N2O5. The number of aromatic nitrogens is 2. The smallest absolute Gasteiger partial charge is 0.374 e. The van der Waals surface area contributed by atoms with E-state index in [0.717, 1.165) is 22.3 Å². The number of ether oxygens (including phenoxy) is 2. The van der Waals surface area contributed by atoms with E-state index in [2.05, 4.69) is 5.10 Å². The van der Waals surface area contributed by atoms with Gasteiger partial charge in [-0.05, 0) is 38.8 Å². The fourth-order valence-electron chi connectivity index (χ4n) is 3.23. The second-order valence-corrected chi connectivity index (χ2v) is 6.56. The van der Waals surface area contributed by atoms with Crippen molar-refractivity contribution in [2.24, 2.45) is 7.05 Å². The molecule has 0 N–H and O–H groups in total. The molecule has 2 aromatic heterocycles. The van der Waals surface area contributed by atoms with Crippen molar-refractivity contribution in [1.29, 1.82) is 0 Å². The highest BCUT2D eigenvalue weighted by atomic mass is 16.5. The van der Waals surface area contributed by atoms with Gasteiger partial charge >= 0.3 is 11.9 Å². The Balaban J connectivity index is 1.71. The third-order valence-electron chi connectivity index (χ3n) is 4.77. The molecule has 3 rings (SSSR count). The molecule has 2 heterocycles. The number of hydrogen-bond donors (Lipinski definition) is 0. The Hall–Kier alpha value is -3.09. The average molecular weight is 384 g/mol. The summed E-state index contributed by atoms with van der Waals surface area (Å²) in [4.78, 5) is 24.5. The number of nitrogens with zero attached hydrogens (tertiary/aromatic N) is 2. The number of esters is 2. The molecule has 28 heavy (non-hydrogen) atoms. The lowest BCUT2D eigenvalue weighted by atomic mass is 10.1. The number of hydrogen-bond acceptors (Lipinski definition) is 6. The minimum Gasteiger partial charge on any atom is -0.461 e. The van der Waals surface area contributed by atoms with Gasteiger partial charge in [0.05, 0.1) is 17.9 Å². The van der Waals surface area contributed by atoms with Crippen LogP contribution in [0.25, 0.3) is 11.0 Å². The first-order valence-corrected chi connectivity index (χ1v) is 9.24. The zero-order valence-corrected chi connectivity index (χ0v) is 16.6. The molecule has 0 fully saturated rings. The summed E-state index contributed by atoms with van der Waals surface area (Å²) in [7, 11) is 1.88. The molecule has 0 spiro atoms. The van der Waals surface area contributed by atoms with Gasteiger partial charge < -0.3 is 13.9 Å². The Labute approximate surface area is 163 Å². The first-order valence-electron chi connectivity index (χ1n) is 9.24. The van der Waals surface area contributed by atoms with Crippen molar-refractivity contribution in [2.45, 2.75) is 40.2 Å². The monoisotopic (exact) mass is 384 g/mol. The number of carbonyl (C=O) groups is 2. The molecule has 7 nitrogen and oxygen atoms in total. The van der Waals surface area contributed by atoms with Gasteiger partial charge in [-0.15, -0.1) is 0 Å². The lowest BCUT2D eigenvalue weighted by Crippen LogP contribution is -2.10. The van der Waals surface area contributed by atoms with Crippen molar-refractivity contribution in [3.8, 4) is 0 Å². The molecule has 0 saturated carbocycles. The lowest BCUT2D eigenvalue weighted by molar-refractivity contribution is -0.144. The normalized spacial score (nSPS) is 11.0. The maximum absolute atomic E-state index is 12.3.